The molecule has 3 rings (SSSR count). The molecule has 1 aliphatic heterocycles. The fourth-order valence-electron chi connectivity index (χ4n) is 3.46. The summed E-state index contributed by atoms with van der Waals surface area (Å²) in [6.07, 6.45) is -3.43. The fraction of sp³-hybridized carbons (Fsp3) is 0.450. The van der Waals surface area contributed by atoms with Crippen molar-refractivity contribution in [1.82, 2.24) is 14.9 Å². The zero-order valence-corrected chi connectivity index (χ0v) is 17.2. The molecule has 162 valence electrons. The normalized spacial score (nSPS) is 17.8. The Balaban J connectivity index is 1.77. The van der Waals surface area contributed by atoms with Gasteiger partial charge in [0.1, 0.15) is 0 Å². The Labute approximate surface area is 177 Å². The molecule has 0 aliphatic carbocycles. The third-order valence-corrected chi connectivity index (χ3v) is 5.10. The molecule has 1 aromatic carbocycles. The Kier molecular flexibility index (Phi) is 7.14. The van der Waals surface area contributed by atoms with Gasteiger partial charge >= 0.3 is 12.1 Å². The minimum absolute atomic E-state index is 0.148. The molecule has 30 heavy (non-hydrogen) atoms. The summed E-state index contributed by atoms with van der Waals surface area (Å²) in [5, 5.41) is -0.293. The van der Waals surface area contributed by atoms with Gasteiger partial charge in [-0.1, -0.05) is 41.9 Å². The number of halogens is 4. The quantitative estimate of drug-likeness (QED) is 0.634. The molecule has 0 radical (unpaired) electrons. The van der Waals surface area contributed by atoms with E-state index in [1.165, 1.54) is 6.92 Å². The van der Waals surface area contributed by atoms with Crippen LogP contribution in [0.5, 0.6) is 0 Å². The monoisotopic (exact) mass is 442 g/mol. The molecule has 0 amide bonds. The van der Waals surface area contributed by atoms with E-state index >= 15 is 0 Å². The van der Waals surface area contributed by atoms with Crippen LogP contribution in [0.2, 0.25) is 5.15 Å². The molecule has 2 heterocycles. The van der Waals surface area contributed by atoms with Gasteiger partial charge in [-0.2, -0.15) is 13.2 Å². The number of alkyl halides is 3. The van der Waals surface area contributed by atoms with Gasteiger partial charge in [-0.25, -0.2) is 9.97 Å². The minimum Gasteiger partial charge on any atom is -0.466 e. The van der Waals surface area contributed by atoms with Crippen molar-refractivity contribution in [2.45, 2.75) is 32.1 Å². The van der Waals surface area contributed by atoms with Gasteiger partial charge in [0.25, 0.3) is 0 Å². The number of aromatic nitrogens is 2. The van der Waals surface area contributed by atoms with Crippen LogP contribution in [-0.2, 0) is 22.3 Å². The zero-order valence-electron chi connectivity index (χ0n) is 16.4. The van der Waals surface area contributed by atoms with Crippen LogP contribution < -0.4 is 4.90 Å². The molecular weight excluding hydrogens is 421 g/mol. The molecule has 0 unspecified atom stereocenters. The van der Waals surface area contributed by atoms with Gasteiger partial charge < -0.3 is 9.64 Å². The molecule has 1 aromatic heterocycles. The lowest BCUT2D eigenvalue weighted by Crippen LogP contribution is -2.53. The molecule has 1 saturated heterocycles. The predicted molar refractivity (Wildman–Crippen MR) is 106 cm³/mol. The second kappa shape index (κ2) is 9.61. The largest absolute Gasteiger partial charge is 0.466 e. The first kappa shape index (κ1) is 22.3. The lowest BCUT2D eigenvalue weighted by atomic mass is 10.1. The SMILES string of the molecule is CC(=O)OCC[C@H]1CN(Cc2ccccc2)CCN1c1ncc(C(F)(F)F)nc1Cl. The van der Waals surface area contributed by atoms with E-state index in [0.29, 0.717) is 32.3 Å². The van der Waals surface area contributed by atoms with Gasteiger partial charge in [-0.3, -0.25) is 9.69 Å². The van der Waals surface area contributed by atoms with E-state index in [1.807, 2.05) is 35.2 Å². The first-order chi connectivity index (χ1) is 14.2. The molecule has 0 bridgehead atoms. The zero-order chi connectivity index (χ0) is 21.7. The number of anilines is 1. The number of piperazine rings is 1. The number of esters is 1. The third kappa shape index (κ3) is 5.82. The van der Waals surface area contributed by atoms with Crippen LogP contribution in [0.15, 0.2) is 36.5 Å². The van der Waals surface area contributed by atoms with Crippen molar-refractivity contribution in [3.05, 3.63) is 52.9 Å². The first-order valence-corrected chi connectivity index (χ1v) is 9.88. The van der Waals surface area contributed by atoms with Crippen molar-refractivity contribution in [2.24, 2.45) is 0 Å². The minimum atomic E-state index is -4.61. The summed E-state index contributed by atoms with van der Waals surface area (Å²) in [4.78, 5) is 22.7. The second-order valence-corrected chi connectivity index (χ2v) is 7.42. The molecule has 1 atom stereocenters. The summed E-state index contributed by atoms with van der Waals surface area (Å²) in [7, 11) is 0. The molecular formula is C20H22ClF3N4O2. The number of benzene rings is 1. The Morgan fingerprint density at radius 1 is 1.27 bits per heavy atom. The smallest absolute Gasteiger partial charge is 0.434 e. The van der Waals surface area contributed by atoms with Crippen molar-refractivity contribution in [1.29, 1.82) is 0 Å². The average molecular weight is 443 g/mol. The standard InChI is InChI=1S/C20H22ClF3N4O2/c1-14(29)30-10-7-16-13-27(12-15-5-3-2-4-6-15)8-9-28(16)19-18(21)26-17(11-25-19)20(22,23)24/h2-6,11,16H,7-10,12-13H2,1H3/t16-/m0/s1. The summed E-state index contributed by atoms with van der Waals surface area (Å²) in [5.41, 5.74) is 0.0347. The van der Waals surface area contributed by atoms with Crippen molar-refractivity contribution >= 4 is 23.4 Å². The number of hydrogen-bond donors (Lipinski definition) is 0. The van der Waals surface area contributed by atoms with E-state index in [-0.39, 0.29) is 29.6 Å². The topological polar surface area (TPSA) is 58.6 Å². The Morgan fingerprint density at radius 3 is 2.63 bits per heavy atom. The number of carbonyl (C=O) groups excluding carboxylic acids is 1. The van der Waals surface area contributed by atoms with Gasteiger partial charge in [-0.05, 0) is 5.56 Å². The van der Waals surface area contributed by atoms with Crippen LogP contribution in [-0.4, -0.2) is 53.1 Å². The van der Waals surface area contributed by atoms with E-state index < -0.39 is 11.9 Å². The van der Waals surface area contributed by atoms with Crippen molar-refractivity contribution in [2.75, 3.05) is 31.1 Å². The Bertz CT molecular complexity index is 867. The molecule has 0 saturated carbocycles. The van der Waals surface area contributed by atoms with Gasteiger partial charge in [0.05, 0.1) is 12.8 Å². The highest BCUT2D eigenvalue weighted by atomic mass is 35.5. The molecule has 1 aliphatic rings. The summed E-state index contributed by atoms with van der Waals surface area (Å²) in [5.74, 6) is -0.178. The van der Waals surface area contributed by atoms with Crippen LogP contribution in [0.3, 0.4) is 0 Å². The number of ether oxygens (including phenoxy) is 1. The van der Waals surface area contributed by atoms with Gasteiger partial charge in [-0.15, -0.1) is 0 Å². The van der Waals surface area contributed by atoms with E-state index in [9.17, 15) is 18.0 Å². The highest BCUT2D eigenvalue weighted by Gasteiger charge is 2.35. The predicted octanol–water partition coefficient (Wildman–Crippen LogP) is 3.79. The fourth-order valence-corrected chi connectivity index (χ4v) is 3.71. The molecule has 2 aromatic rings. The van der Waals surface area contributed by atoms with Gasteiger partial charge in [0.2, 0.25) is 0 Å². The molecule has 6 nitrogen and oxygen atoms in total. The number of rotatable bonds is 6. The summed E-state index contributed by atoms with van der Waals surface area (Å²) in [6, 6.07) is 9.83. The van der Waals surface area contributed by atoms with Crippen LogP contribution in [0.25, 0.3) is 0 Å². The summed E-state index contributed by atoms with van der Waals surface area (Å²) in [6.45, 7) is 4.08. The van der Waals surface area contributed by atoms with Crippen LogP contribution >= 0.6 is 11.6 Å². The maximum Gasteiger partial charge on any atom is 0.434 e. The van der Waals surface area contributed by atoms with Crippen LogP contribution in [0.1, 0.15) is 24.6 Å². The van der Waals surface area contributed by atoms with Gasteiger partial charge in [0, 0.05) is 45.6 Å². The summed E-state index contributed by atoms with van der Waals surface area (Å²) >= 11 is 6.07. The third-order valence-electron chi connectivity index (χ3n) is 4.85. The highest BCUT2D eigenvalue weighted by molar-refractivity contribution is 6.31. The van der Waals surface area contributed by atoms with Crippen molar-refractivity contribution in [3.63, 3.8) is 0 Å². The molecule has 1 fully saturated rings. The van der Waals surface area contributed by atoms with Crippen molar-refractivity contribution < 1.29 is 22.7 Å². The maximum absolute atomic E-state index is 12.9. The highest BCUT2D eigenvalue weighted by Crippen LogP contribution is 2.32. The van der Waals surface area contributed by atoms with E-state index in [4.69, 9.17) is 16.3 Å². The van der Waals surface area contributed by atoms with Crippen LogP contribution in [0.4, 0.5) is 19.0 Å². The molecule has 0 N–H and O–H groups in total. The van der Waals surface area contributed by atoms with E-state index in [1.54, 1.807) is 0 Å². The van der Waals surface area contributed by atoms with Crippen LogP contribution in [0, 0.1) is 0 Å². The first-order valence-electron chi connectivity index (χ1n) is 9.50. The van der Waals surface area contributed by atoms with Gasteiger partial charge in [0.15, 0.2) is 16.7 Å². The number of carbonyl (C=O) groups is 1. The molecule has 0 spiro atoms. The van der Waals surface area contributed by atoms with E-state index in [2.05, 4.69) is 14.9 Å². The second-order valence-electron chi connectivity index (χ2n) is 7.06. The van der Waals surface area contributed by atoms with Crippen molar-refractivity contribution in [3.8, 4) is 0 Å². The van der Waals surface area contributed by atoms with E-state index in [0.717, 1.165) is 12.1 Å². The summed E-state index contributed by atoms with van der Waals surface area (Å²) < 4.78 is 43.7. The molecule has 10 heteroatoms. The maximum atomic E-state index is 12.9. The Morgan fingerprint density at radius 2 is 2.00 bits per heavy atom. The lowest BCUT2D eigenvalue weighted by molar-refractivity contribution is -0.142. The lowest BCUT2D eigenvalue weighted by Gasteiger charge is -2.42. The Hall–Kier alpha value is -2.39. The number of hydrogen-bond acceptors (Lipinski definition) is 6. The number of nitrogens with zero attached hydrogens (tertiary/aromatic N) is 4. The average Bonchev–Trinajstić information content (AvgIpc) is 2.68.